The molecule has 0 aliphatic rings. The van der Waals surface area contributed by atoms with E-state index in [1.165, 1.54) is 12.1 Å². The molecule has 5 aromatic rings. The van der Waals surface area contributed by atoms with Crippen LogP contribution in [0.5, 0.6) is 0 Å². The Morgan fingerprint density at radius 1 is 0.953 bits per heavy atom. The minimum Gasteiger partial charge on any atom is -0.481 e. The molecular formula is C28H28N10O5. The number of aliphatic carboxylic acids is 2. The van der Waals surface area contributed by atoms with E-state index in [2.05, 4.69) is 35.2 Å². The number of nitrogens with one attached hydrogen (secondary N) is 1. The van der Waals surface area contributed by atoms with Crippen molar-refractivity contribution >= 4 is 57.4 Å². The number of hydrogen-bond acceptors (Lipinski definition) is 12. The summed E-state index contributed by atoms with van der Waals surface area (Å²) in [4.78, 5) is 60.7. The summed E-state index contributed by atoms with van der Waals surface area (Å²) >= 11 is 0. The number of carboxylic acid groups (broad SMARTS) is 2. The summed E-state index contributed by atoms with van der Waals surface area (Å²) < 4.78 is 0. The number of benzene rings is 2. The number of anilines is 3. The molecule has 15 nitrogen and oxygen atoms in total. The van der Waals surface area contributed by atoms with E-state index in [-0.39, 0.29) is 30.2 Å². The quantitative estimate of drug-likeness (QED) is 0.166. The molecule has 43 heavy (non-hydrogen) atoms. The monoisotopic (exact) mass is 584 g/mol. The zero-order valence-electron chi connectivity index (χ0n) is 23.0. The van der Waals surface area contributed by atoms with Crippen molar-refractivity contribution in [3.05, 3.63) is 78.5 Å². The van der Waals surface area contributed by atoms with Gasteiger partial charge in [-0.05, 0) is 36.8 Å². The fourth-order valence-corrected chi connectivity index (χ4v) is 3.95. The Labute approximate surface area is 244 Å². The second-order valence-electron chi connectivity index (χ2n) is 9.28. The molecule has 3 aromatic heterocycles. The number of amides is 1. The molecule has 0 spiro atoms. The molecule has 0 fully saturated rings. The van der Waals surface area contributed by atoms with Crippen molar-refractivity contribution in [2.75, 3.05) is 23.4 Å². The van der Waals surface area contributed by atoms with Gasteiger partial charge in [-0.1, -0.05) is 18.2 Å². The smallest absolute Gasteiger partial charge is 0.326 e. The second-order valence-corrected chi connectivity index (χ2v) is 9.28. The molecule has 0 unspecified atom stereocenters. The number of nitrogens with two attached hydrogens (primary N) is 2. The predicted molar refractivity (Wildman–Crippen MR) is 158 cm³/mol. The first-order valence-electron chi connectivity index (χ1n) is 12.9. The Morgan fingerprint density at radius 2 is 1.70 bits per heavy atom. The molecule has 0 saturated carbocycles. The lowest BCUT2D eigenvalue weighted by molar-refractivity contribution is -0.140. The predicted octanol–water partition coefficient (Wildman–Crippen LogP) is 1.90. The highest BCUT2D eigenvalue weighted by molar-refractivity contribution is 5.97. The fourth-order valence-electron chi connectivity index (χ4n) is 3.95. The number of fused-ring (bicyclic) bond motifs is 2. The van der Waals surface area contributed by atoms with Crippen molar-refractivity contribution in [2.24, 2.45) is 0 Å². The largest absolute Gasteiger partial charge is 0.481 e. The van der Waals surface area contributed by atoms with E-state index in [0.717, 1.165) is 16.6 Å². The Kier molecular flexibility index (Phi) is 9.47. The van der Waals surface area contributed by atoms with Crippen LogP contribution in [0, 0.1) is 0 Å². The normalized spacial score (nSPS) is 11.3. The lowest BCUT2D eigenvalue weighted by atomic mass is 10.1. The van der Waals surface area contributed by atoms with Gasteiger partial charge in [-0.3, -0.25) is 9.59 Å². The number of nitrogen functional groups attached to an aromatic ring is 2. The van der Waals surface area contributed by atoms with Crippen LogP contribution in [-0.4, -0.2) is 71.1 Å². The Balaban J connectivity index is 0.000000353. The minimum absolute atomic E-state index is 0.0138. The van der Waals surface area contributed by atoms with Gasteiger partial charge in [0.25, 0.3) is 5.91 Å². The van der Waals surface area contributed by atoms with E-state index in [9.17, 15) is 19.5 Å². The molecule has 2 aromatic carbocycles. The summed E-state index contributed by atoms with van der Waals surface area (Å²) in [6.07, 6.45) is 4.33. The van der Waals surface area contributed by atoms with Crippen molar-refractivity contribution in [1.29, 1.82) is 0 Å². The van der Waals surface area contributed by atoms with Crippen LogP contribution in [0.3, 0.4) is 0 Å². The van der Waals surface area contributed by atoms with Gasteiger partial charge in [-0.25, -0.2) is 24.7 Å². The van der Waals surface area contributed by atoms with Crippen LogP contribution >= 0.6 is 0 Å². The third-order valence-electron chi connectivity index (χ3n) is 6.13. The average Bonchev–Trinajstić information content (AvgIpc) is 2.99. The maximum absolute atomic E-state index is 12.4. The number of hydrogen-bond donors (Lipinski definition) is 5. The van der Waals surface area contributed by atoms with Gasteiger partial charge in [0.05, 0.1) is 24.0 Å². The van der Waals surface area contributed by atoms with Crippen LogP contribution in [0.4, 0.5) is 17.5 Å². The van der Waals surface area contributed by atoms with Gasteiger partial charge >= 0.3 is 11.9 Å². The molecule has 0 radical (unpaired) electrons. The average molecular weight is 585 g/mol. The van der Waals surface area contributed by atoms with Crippen LogP contribution in [-0.2, 0) is 16.1 Å². The molecule has 1 atom stereocenters. The van der Waals surface area contributed by atoms with Crippen LogP contribution in [0.2, 0.25) is 0 Å². The van der Waals surface area contributed by atoms with Crippen molar-refractivity contribution in [2.45, 2.75) is 25.4 Å². The van der Waals surface area contributed by atoms with Gasteiger partial charge in [0.2, 0.25) is 5.95 Å². The number of aromatic nitrogens is 6. The lowest BCUT2D eigenvalue weighted by Gasteiger charge is -2.19. The Morgan fingerprint density at radius 3 is 2.40 bits per heavy atom. The molecule has 1 amide bonds. The summed E-state index contributed by atoms with van der Waals surface area (Å²) in [7, 11) is 1.82. The van der Waals surface area contributed by atoms with Gasteiger partial charge in [0, 0.05) is 36.3 Å². The standard InChI is InChI=1S/C20H22N8O5.C8H6N2/c1-28(9-11-8-23-17-15(24-11)16(21)26-20(22)27-17)12-4-2-10(3-5-12)18(31)25-13(19(32)33)6-7-14(29)30;1-2-4-8-7(3-1)5-9-6-10-8/h2-5,8,13H,6-7,9H2,1H3,(H,25,31)(H,29,30)(H,32,33)(H4,21,22,23,26,27);1-6H/t13-;/m0./s1. The minimum atomic E-state index is -1.30. The topological polar surface area (TPSA) is 236 Å². The van der Waals surface area contributed by atoms with Gasteiger partial charge in [-0.2, -0.15) is 9.97 Å². The summed E-state index contributed by atoms with van der Waals surface area (Å²) in [5.74, 6) is -2.91. The summed E-state index contributed by atoms with van der Waals surface area (Å²) in [6, 6.07) is 13.1. The summed E-state index contributed by atoms with van der Waals surface area (Å²) in [6.45, 7) is 0.370. The van der Waals surface area contributed by atoms with Crippen molar-refractivity contribution in [3.8, 4) is 0 Å². The van der Waals surface area contributed by atoms with Crippen LogP contribution < -0.4 is 21.7 Å². The SMILES string of the molecule is CN(Cc1cnc2nc(N)nc(N)c2n1)c1ccc(C(=O)N[C@@H](CCC(=O)O)C(=O)O)cc1.c1ccc2ncncc2c1. The molecular weight excluding hydrogens is 556 g/mol. The highest BCUT2D eigenvalue weighted by Crippen LogP contribution is 2.19. The van der Waals surface area contributed by atoms with Crippen molar-refractivity contribution in [1.82, 2.24) is 35.2 Å². The maximum atomic E-state index is 12.4. The van der Waals surface area contributed by atoms with Crippen LogP contribution in [0.25, 0.3) is 22.1 Å². The van der Waals surface area contributed by atoms with E-state index in [1.807, 2.05) is 42.4 Å². The first-order valence-corrected chi connectivity index (χ1v) is 12.9. The fraction of sp³-hybridized carbons (Fsp3) is 0.179. The molecule has 3 heterocycles. The number of carboxylic acids is 2. The van der Waals surface area contributed by atoms with Crippen molar-refractivity contribution in [3.63, 3.8) is 0 Å². The Hall–Kier alpha value is -5.99. The van der Waals surface area contributed by atoms with Gasteiger partial charge in [0.15, 0.2) is 17.0 Å². The number of nitrogens with zero attached hydrogens (tertiary/aromatic N) is 7. The van der Waals surface area contributed by atoms with E-state index in [4.69, 9.17) is 16.6 Å². The van der Waals surface area contributed by atoms with Crippen LogP contribution in [0.15, 0.2) is 67.3 Å². The molecule has 5 rings (SSSR count). The van der Waals surface area contributed by atoms with E-state index >= 15 is 0 Å². The summed E-state index contributed by atoms with van der Waals surface area (Å²) in [5.41, 5.74) is 14.7. The molecule has 0 saturated heterocycles. The third kappa shape index (κ3) is 8.03. The zero-order valence-corrected chi connectivity index (χ0v) is 23.0. The molecule has 7 N–H and O–H groups in total. The maximum Gasteiger partial charge on any atom is 0.326 e. The van der Waals surface area contributed by atoms with Gasteiger partial charge in [-0.15, -0.1) is 0 Å². The number of carbonyl (C=O) groups excluding carboxylic acids is 1. The van der Waals surface area contributed by atoms with E-state index in [0.29, 0.717) is 23.4 Å². The molecule has 0 aliphatic heterocycles. The van der Waals surface area contributed by atoms with Gasteiger partial charge < -0.3 is 31.9 Å². The number of para-hydroxylation sites is 1. The summed E-state index contributed by atoms with van der Waals surface area (Å²) in [5, 5.41) is 21.3. The Bertz CT molecular complexity index is 1700. The van der Waals surface area contributed by atoms with Gasteiger partial charge in [0.1, 0.15) is 12.4 Å². The second kappa shape index (κ2) is 13.6. The first kappa shape index (κ1) is 30.0. The highest BCUT2D eigenvalue weighted by atomic mass is 16.4. The number of carbonyl (C=O) groups is 3. The van der Waals surface area contributed by atoms with E-state index < -0.39 is 23.9 Å². The molecule has 0 bridgehead atoms. The van der Waals surface area contributed by atoms with E-state index in [1.54, 1.807) is 24.7 Å². The molecule has 15 heteroatoms. The first-order chi connectivity index (χ1) is 20.6. The number of rotatable bonds is 9. The highest BCUT2D eigenvalue weighted by Gasteiger charge is 2.21. The molecule has 220 valence electrons. The third-order valence-corrected chi connectivity index (χ3v) is 6.13. The lowest BCUT2D eigenvalue weighted by Crippen LogP contribution is -2.41. The zero-order chi connectivity index (χ0) is 30.9. The molecule has 0 aliphatic carbocycles. The van der Waals surface area contributed by atoms with Crippen molar-refractivity contribution < 1.29 is 24.6 Å². The van der Waals surface area contributed by atoms with Crippen LogP contribution in [0.1, 0.15) is 28.9 Å².